The minimum Gasteiger partial charge on any atom is -0.386 e. The van der Waals surface area contributed by atoms with Crippen molar-refractivity contribution in [3.05, 3.63) is 11.6 Å². The second-order valence-electron chi connectivity index (χ2n) is 4.32. The lowest BCUT2D eigenvalue weighted by Crippen LogP contribution is -2.19. The average molecular weight is 212 g/mol. The Morgan fingerprint density at radius 3 is 2.93 bits per heavy atom. The molecule has 0 bridgehead atoms. The van der Waals surface area contributed by atoms with Gasteiger partial charge in [-0.3, -0.25) is 0 Å². The summed E-state index contributed by atoms with van der Waals surface area (Å²) in [6.45, 7) is 3.31. The predicted octanol–water partition coefficient (Wildman–Crippen LogP) is 3.05. The molecule has 0 radical (unpaired) electrons. The third-order valence-corrected chi connectivity index (χ3v) is 2.88. The number of ether oxygens (including phenoxy) is 1. The molecule has 1 unspecified atom stereocenters. The quantitative estimate of drug-likeness (QED) is 0.560. The fourth-order valence-corrected chi connectivity index (χ4v) is 1.97. The molecule has 0 amide bonds. The van der Waals surface area contributed by atoms with Gasteiger partial charge in [-0.05, 0) is 37.7 Å². The zero-order valence-electron chi connectivity index (χ0n) is 9.87. The number of hydrogen-bond donors (Lipinski definition) is 1. The molecular weight excluding hydrogens is 188 g/mol. The number of rotatable bonds is 5. The van der Waals surface area contributed by atoms with Crippen molar-refractivity contribution >= 4 is 0 Å². The molecule has 0 saturated heterocycles. The maximum atomic E-state index is 9.92. The normalized spacial score (nSPS) is 20.3. The fraction of sp³-hybridized carbons (Fsp3) is 0.846. The lowest BCUT2D eigenvalue weighted by atomic mass is 9.97. The maximum Gasteiger partial charge on any atom is 0.0983 e. The van der Waals surface area contributed by atoms with Gasteiger partial charge in [0, 0.05) is 6.61 Å². The number of aliphatic hydroxyl groups excluding tert-OH is 1. The maximum absolute atomic E-state index is 9.92. The molecule has 0 spiro atoms. The second-order valence-corrected chi connectivity index (χ2v) is 4.32. The van der Waals surface area contributed by atoms with Gasteiger partial charge >= 0.3 is 0 Å². The van der Waals surface area contributed by atoms with Crippen LogP contribution >= 0.6 is 0 Å². The molecular formula is C13H24O2. The van der Waals surface area contributed by atoms with Gasteiger partial charge in [0.2, 0.25) is 0 Å². The Bertz CT molecular complexity index is 187. The van der Waals surface area contributed by atoms with Crippen molar-refractivity contribution in [3.8, 4) is 0 Å². The van der Waals surface area contributed by atoms with Crippen LogP contribution in [0.1, 0.15) is 51.9 Å². The molecule has 15 heavy (non-hydrogen) atoms. The molecule has 0 aromatic heterocycles. The van der Waals surface area contributed by atoms with E-state index in [1.165, 1.54) is 31.3 Å². The van der Waals surface area contributed by atoms with Gasteiger partial charge < -0.3 is 9.84 Å². The standard InChI is InChI=1S/C13H24O2/c1-2-10-15-11-13(14)12-8-6-4-3-5-7-9-12/h8,13-14H,2-7,9-11H2,1H3. The molecule has 0 heterocycles. The predicted molar refractivity (Wildman–Crippen MR) is 62.9 cm³/mol. The van der Waals surface area contributed by atoms with Crippen molar-refractivity contribution in [2.24, 2.45) is 0 Å². The van der Waals surface area contributed by atoms with Gasteiger partial charge in [0.05, 0.1) is 12.7 Å². The van der Waals surface area contributed by atoms with Gasteiger partial charge in [-0.15, -0.1) is 0 Å². The summed E-state index contributed by atoms with van der Waals surface area (Å²) in [6.07, 6.45) is 10.2. The van der Waals surface area contributed by atoms with E-state index in [2.05, 4.69) is 13.0 Å². The van der Waals surface area contributed by atoms with Crippen molar-refractivity contribution in [1.82, 2.24) is 0 Å². The summed E-state index contributed by atoms with van der Waals surface area (Å²) >= 11 is 0. The van der Waals surface area contributed by atoms with Gasteiger partial charge in [-0.2, -0.15) is 0 Å². The monoisotopic (exact) mass is 212 g/mol. The van der Waals surface area contributed by atoms with E-state index in [0.29, 0.717) is 6.61 Å². The molecule has 0 aliphatic heterocycles. The Kier molecular flexibility index (Phi) is 6.69. The van der Waals surface area contributed by atoms with E-state index in [9.17, 15) is 5.11 Å². The highest BCUT2D eigenvalue weighted by molar-refractivity contribution is 5.08. The van der Waals surface area contributed by atoms with E-state index >= 15 is 0 Å². The molecule has 1 atom stereocenters. The third-order valence-electron chi connectivity index (χ3n) is 2.88. The first-order chi connectivity index (χ1) is 7.34. The van der Waals surface area contributed by atoms with E-state index < -0.39 is 0 Å². The molecule has 1 N–H and O–H groups in total. The Morgan fingerprint density at radius 1 is 1.33 bits per heavy atom. The second kappa shape index (κ2) is 7.89. The van der Waals surface area contributed by atoms with Crippen molar-refractivity contribution in [1.29, 1.82) is 0 Å². The highest BCUT2D eigenvalue weighted by Crippen LogP contribution is 2.19. The molecule has 2 nitrogen and oxygen atoms in total. The van der Waals surface area contributed by atoms with Crippen molar-refractivity contribution in [3.63, 3.8) is 0 Å². The van der Waals surface area contributed by atoms with Crippen LogP contribution in [0.3, 0.4) is 0 Å². The van der Waals surface area contributed by atoms with Gasteiger partial charge in [-0.1, -0.05) is 25.8 Å². The lowest BCUT2D eigenvalue weighted by molar-refractivity contribution is 0.0528. The van der Waals surface area contributed by atoms with Crippen molar-refractivity contribution in [2.75, 3.05) is 13.2 Å². The number of allylic oxidation sites excluding steroid dienone is 1. The summed E-state index contributed by atoms with van der Waals surface area (Å²) in [5.74, 6) is 0. The largest absolute Gasteiger partial charge is 0.386 e. The first-order valence-corrected chi connectivity index (χ1v) is 6.29. The zero-order chi connectivity index (χ0) is 10.9. The SMILES string of the molecule is CCCOCC(O)C1=CCCCCCC1. The Hall–Kier alpha value is -0.340. The molecule has 0 aromatic rings. The summed E-state index contributed by atoms with van der Waals surface area (Å²) in [7, 11) is 0. The van der Waals surface area contributed by atoms with Gasteiger partial charge in [0.1, 0.15) is 0 Å². The highest BCUT2D eigenvalue weighted by Gasteiger charge is 2.11. The summed E-state index contributed by atoms with van der Waals surface area (Å²) < 4.78 is 5.38. The smallest absolute Gasteiger partial charge is 0.0983 e. The van der Waals surface area contributed by atoms with Gasteiger partial charge in [-0.25, -0.2) is 0 Å². The van der Waals surface area contributed by atoms with Crippen LogP contribution in [-0.4, -0.2) is 24.4 Å². The average Bonchev–Trinajstić information content (AvgIpc) is 2.17. The van der Waals surface area contributed by atoms with E-state index in [1.807, 2.05) is 0 Å². The topological polar surface area (TPSA) is 29.5 Å². The Morgan fingerprint density at radius 2 is 2.13 bits per heavy atom. The van der Waals surface area contributed by atoms with Crippen molar-refractivity contribution < 1.29 is 9.84 Å². The molecule has 2 heteroatoms. The van der Waals surface area contributed by atoms with E-state index in [0.717, 1.165) is 25.9 Å². The van der Waals surface area contributed by atoms with E-state index in [4.69, 9.17) is 4.74 Å². The van der Waals surface area contributed by atoms with Crippen LogP contribution in [0.5, 0.6) is 0 Å². The summed E-state index contributed by atoms with van der Waals surface area (Å²) in [6, 6.07) is 0. The van der Waals surface area contributed by atoms with Crippen LogP contribution in [0, 0.1) is 0 Å². The summed E-state index contributed by atoms with van der Waals surface area (Å²) in [5, 5.41) is 9.92. The minimum absolute atomic E-state index is 0.366. The first kappa shape index (κ1) is 12.7. The minimum atomic E-state index is -0.366. The Labute approximate surface area is 93.3 Å². The number of aliphatic hydroxyl groups is 1. The zero-order valence-corrected chi connectivity index (χ0v) is 9.87. The van der Waals surface area contributed by atoms with Crippen LogP contribution in [0.2, 0.25) is 0 Å². The van der Waals surface area contributed by atoms with Crippen LogP contribution in [0.15, 0.2) is 11.6 Å². The summed E-state index contributed by atoms with van der Waals surface area (Å²) in [4.78, 5) is 0. The molecule has 1 aliphatic rings. The molecule has 0 fully saturated rings. The first-order valence-electron chi connectivity index (χ1n) is 6.29. The third kappa shape index (κ3) is 5.33. The number of hydrogen-bond acceptors (Lipinski definition) is 2. The molecule has 88 valence electrons. The summed E-state index contributed by atoms with van der Waals surface area (Å²) in [5.41, 5.74) is 1.20. The van der Waals surface area contributed by atoms with Crippen LogP contribution in [0.25, 0.3) is 0 Å². The van der Waals surface area contributed by atoms with E-state index in [1.54, 1.807) is 0 Å². The van der Waals surface area contributed by atoms with Gasteiger partial charge in [0.25, 0.3) is 0 Å². The molecule has 0 aromatic carbocycles. The fourth-order valence-electron chi connectivity index (χ4n) is 1.97. The molecule has 0 saturated carbocycles. The Balaban J connectivity index is 2.30. The lowest BCUT2D eigenvalue weighted by Gasteiger charge is -2.17. The van der Waals surface area contributed by atoms with E-state index in [-0.39, 0.29) is 6.10 Å². The van der Waals surface area contributed by atoms with Crippen LogP contribution in [-0.2, 0) is 4.74 Å². The highest BCUT2D eigenvalue weighted by atomic mass is 16.5. The molecule has 1 rings (SSSR count). The van der Waals surface area contributed by atoms with Crippen molar-refractivity contribution in [2.45, 2.75) is 58.0 Å². The van der Waals surface area contributed by atoms with Crippen LogP contribution in [0.4, 0.5) is 0 Å². The van der Waals surface area contributed by atoms with Gasteiger partial charge in [0.15, 0.2) is 0 Å². The molecule has 1 aliphatic carbocycles. The van der Waals surface area contributed by atoms with Crippen LogP contribution < -0.4 is 0 Å².